The number of halogens is 1. The molecule has 1 aromatic rings. The number of carbonyl (C=O) groups is 1. The van der Waals surface area contributed by atoms with Gasteiger partial charge in [-0.3, -0.25) is 4.79 Å². The molecule has 1 saturated carbocycles. The molecule has 2 unspecified atom stereocenters. The van der Waals surface area contributed by atoms with Gasteiger partial charge in [0, 0.05) is 12.5 Å². The van der Waals surface area contributed by atoms with Gasteiger partial charge in [0.1, 0.15) is 5.75 Å². The van der Waals surface area contributed by atoms with Crippen LogP contribution in [0.3, 0.4) is 0 Å². The molecule has 5 heteroatoms. The van der Waals surface area contributed by atoms with E-state index in [4.69, 9.17) is 10.5 Å². The minimum Gasteiger partial charge on any atom is -0.494 e. The summed E-state index contributed by atoms with van der Waals surface area (Å²) in [4.78, 5) is 12.2. The number of hydrogen-bond acceptors (Lipinski definition) is 3. The average Bonchev–Trinajstić information content (AvgIpc) is 2.59. The molecule has 0 aliphatic heterocycles. The Labute approximate surface area is 151 Å². The second-order valence-corrected chi connectivity index (χ2v) is 6.45. The summed E-state index contributed by atoms with van der Waals surface area (Å²) in [5.41, 5.74) is 6.99. The van der Waals surface area contributed by atoms with Gasteiger partial charge in [0.05, 0.1) is 6.61 Å². The number of benzene rings is 1. The van der Waals surface area contributed by atoms with E-state index < -0.39 is 0 Å². The van der Waals surface area contributed by atoms with E-state index >= 15 is 0 Å². The molecule has 0 radical (unpaired) electrons. The summed E-state index contributed by atoms with van der Waals surface area (Å²) in [5.74, 6) is 1.48. The van der Waals surface area contributed by atoms with Crippen molar-refractivity contribution >= 4 is 18.3 Å². The summed E-state index contributed by atoms with van der Waals surface area (Å²) >= 11 is 0. The number of hydrogen-bond donors (Lipinski definition) is 2. The molecule has 3 N–H and O–H groups in total. The zero-order valence-electron chi connectivity index (χ0n) is 14.6. The molecule has 0 heterocycles. The van der Waals surface area contributed by atoms with Crippen molar-refractivity contribution in [3.05, 3.63) is 29.8 Å². The number of nitrogens with two attached hydrogens (primary N) is 1. The second-order valence-electron chi connectivity index (χ2n) is 6.45. The Morgan fingerprint density at radius 1 is 1.25 bits per heavy atom. The van der Waals surface area contributed by atoms with E-state index in [1.54, 1.807) is 0 Å². The van der Waals surface area contributed by atoms with E-state index in [9.17, 15) is 4.79 Å². The van der Waals surface area contributed by atoms with Gasteiger partial charge in [-0.1, -0.05) is 31.9 Å². The van der Waals surface area contributed by atoms with E-state index in [1.165, 1.54) is 18.4 Å². The monoisotopic (exact) mass is 354 g/mol. The normalized spacial score (nSPS) is 20.1. The van der Waals surface area contributed by atoms with Crippen LogP contribution in [0.1, 0.15) is 51.0 Å². The molecule has 0 spiro atoms. The molecule has 1 aliphatic rings. The number of aryl methyl sites for hydroxylation is 1. The van der Waals surface area contributed by atoms with Crippen molar-refractivity contribution in [2.75, 3.05) is 13.2 Å². The van der Waals surface area contributed by atoms with Crippen LogP contribution in [0.4, 0.5) is 0 Å². The summed E-state index contributed by atoms with van der Waals surface area (Å²) in [6.07, 6.45) is 6.94. The maximum atomic E-state index is 12.2. The summed E-state index contributed by atoms with van der Waals surface area (Å²) in [5, 5.41) is 3.19. The first-order chi connectivity index (χ1) is 11.2. The molecule has 0 bridgehead atoms. The summed E-state index contributed by atoms with van der Waals surface area (Å²) < 4.78 is 5.57. The van der Waals surface area contributed by atoms with Gasteiger partial charge in [-0.2, -0.15) is 0 Å². The molecule has 4 nitrogen and oxygen atoms in total. The third kappa shape index (κ3) is 6.70. The fourth-order valence-electron chi connectivity index (χ4n) is 3.19. The fraction of sp³-hybridized carbons (Fsp3) is 0.632. The lowest BCUT2D eigenvalue weighted by Crippen LogP contribution is -2.44. The smallest absolute Gasteiger partial charge is 0.220 e. The van der Waals surface area contributed by atoms with Gasteiger partial charge in [0.15, 0.2) is 0 Å². The van der Waals surface area contributed by atoms with Crippen molar-refractivity contribution in [2.45, 2.75) is 57.9 Å². The Hall–Kier alpha value is -1.26. The summed E-state index contributed by atoms with van der Waals surface area (Å²) in [7, 11) is 0. The topological polar surface area (TPSA) is 64.3 Å². The van der Waals surface area contributed by atoms with Gasteiger partial charge < -0.3 is 15.8 Å². The average molecular weight is 355 g/mol. The number of carbonyl (C=O) groups excluding carboxylic acids is 1. The minimum atomic E-state index is 0. The second kappa shape index (κ2) is 11.3. The molecular weight excluding hydrogens is 324 g/mol. The predicted molar refractivity (Wildman–Crippen MR) is 101 cm³/mol. The molecule has 1 fully saturated rings. The molecule has 1 aromatic carbocycles. The molecule has 136 valence electrons. The largest absolute Gasteiger partial charge is 0.494 e. The standard InChI is InChI=1S/C19H30N2O2.ClH/c1-2-13-23-17-10-7-15(8-11-17)9-12-19(22)21-18-6-4-3-5-16(18)14-20;/h7-8,10-11,16,18H,2-6,9,12-14,20H2,1H3,(H,21,22);1H. The fourth-order valence-corrected chi connectivity index (χ4v) is 3.19. The molecular formula is C19H31ClN2O2. The highest BCUT2D eigenvalue weighted by molar-refractivity contribution is 5.85. The molecule has 1 amide bonds. The first-order valence-electron chi connectivity index (χ1n) is 8.94. The van der Waals surface area contributed by atoms with E-state index in [1.807, 2.05) is 24.3 Å². The lowest BCUT2D eigenvalue weighted by molar-refractivity contribution is -0.122. The van der Waals surface area contributed by atoms with Crippen LogP contribution in [0.25, 0.3) is 0 Å². The van der Waals surface area contributed by atoms with Crippen molar-refractivity contribution in [2.24, 2.45) is 11.7 Å². The molecule has 0 aromatic heterocycles. The SMILES string of the molecule is CCCOc1ccc(CCC(=O)NC2CCCCC2CN)cc1.Cl. The van der Waals surface area contributed by atoms with Gasteiger partial charge in [-0.05, 0) is 55.8 Å². The highest BCUT2D eigenvalue weighted by Gasteiger charge is 2.24. The number of amides is 1. The first kappa shape index (κ1) is 20.8. The molecule has 2 rings (SSSR count). The molecule has 0 saturated heterocycles. The first-order valence-corrected chi connectivity index (χ1v) is 8.94. The summed E-state index contributed by atoms with van der Waals surface area (Å²) in [6.45, 7) is 3.50. The lowest BCUT2D eigenvalue weighted by atomic mass is 9.84. The van der Waals surface area contributed by atoms with Gasteiger partial charge in [-0.15, -0.1) is 12.4 Å². The Morgan fingerprint density at radius 2 is 1.96 bits per heavy atom. The molecule has 24 heavy (non-hydrogen) atoms. The van der Waals surface area contributed by atoms with E-state index in [0.717, 1.165) is 38.0 Å². The Morgan fingerprint density at radius 3 is 2.62 bits per heavy atom. The van der Waals surface area contributed by atoms with Gasteiger partial charge in [0.2, 0.25) is 5.91 Å². The van der Waals surface area contributed by atoms with Crippen LogP contribution in [0, 0.1) is 5.92 Å². The predicted octanol–water partition coefficient (Wildman–Crippen LogP) is 3.46. The Balaban J connectivity index is 0.00000288. The third-order valence-corrected chi connectivity index (χ3v) is 4.60. The Kier molecular flexibility index (Phi) is 9.80. The Bertz CT molecular complexity index is 479. The number of rotatable bonds is 8. The van der Waals surface area contributed by atoms with Crippen LogP contribution in [-0.2, 0) is 11.2 Å². The van der Waals surface area contributed by atoms with Gasteiger partial charge in [-0.25, -0.2) is 0 Å². The van der Waals surface area contributed by atoms with Crippen molar-refractivity contribution < 1.29 is 9.53 Å². The van der Waals surface area contributed by atoms with Crippen LogP contribution >= 0.6 is 12.4 Å². The van der Waals surface area contributed by atoms with Crippen LogP contribution in [0.5, 0.6) is 5.75 Å². The third-order valence-electron chi connectivity index (χ3n) is 4.60. The van der Waals surface area contributed by atoms with Gasteiger partial charge >= 0.3 is 0 Å². The van der Waals surface area contributed by atoms with Crippen molar-refractivity contribution in [3.63, 3.8) is 0 Å². The van der Waals surface area contributed by atoms with Crippen molar-refractivity contribution in [1.82, 2.24) is 5.32 Å². The quantitative estimate of drug-likeness (QED) is 0.751. The maximum Gasteiger partial charge on any atom is 0.220 e. The molecule has 2 atom stereocenters. The van der Waals surface area contributed by atoms with Crippen LogP contribution in [-0.4, -0.2) is 25.1 Å². The highest BCUT2D eigenvalue weighted by Crippen LogP contribution is 2.23. The minimum absolute atomic E-state index is 0. The van der Waals surface area contributed by atoms with Crippen LogP contribution in [0.2, 0.25) is 0 Å². The zero-order valence-corrected chi connectivity index (χ0v) is 15.4. The molecule has 1 aliphatic carbocycles. The van der Waals surface area contributed by atoms with E-state index in [2.05, 4.69) is 12.2 Å². The number of ether oxygens (including phenoxy) is 1. The van der Waals surface area contributed by atoms with Crippen LogP contribution < -0.4 is 15.8 Å². The van der Waals surface area contributed by atoms with E-state index in [-0.39, 0.29) is 24.4 Å². The van der Waals surface area contributed by atoms with Crippen LogP contribution in [0.15, 0.2) is 24.3 Å². The zero-order chi connectivity index (χ0) is 16.5. The summed E-state index contributed by atoms with van der Waals surface area (Å²) in [6, 6.07) is 8.32. The van der Waals surface area contributed by atoms with Crippen molar-refractivity contribution in [3.8, 4) is 5.75 Å². The van der Waals surface area contributed by atoms with Crippen molar-refractivity contribution in [1.29, 1.82) is 0 Å². The van der Waals surface area contributed by atoms with Gasteiger partial charge in [0.25, 0.3) is 0 Å². The lowest BCUT2D eigenvalue weighted by Gasteiger charge is -2.31. The highest BCUT2D eigenvalue weighted by atomic mass is 35.5. The van der Waals surface area contributed by atoms with E-state index in [0.29, 0.717) is 18.9 Å². The maximum absolute atomic E-state index is 12.2. The number of nitrogens with one attached hydrogen (secondary N) is 1.